The molecular weight excluding hydrogens is 352 g/mol. The number of carbonyl (C=O) groups excluding carboxylic acids is 1. The Morgan fingerprint density at radius 3 is 2.50 bits per heavy atom. The summed E-state index contributed by atoms with van der Waals surface area (Å²) < 4.78 is 5.07. The third-order valence-electron chi connectivity index (χ3n) is 4.37. The zero-order valence-electron chi connectivity index (χ0n) is 16.3. The number of hydrogen-bond donors (Lipinski definition) is 2. The summed E-state index contributed by atoms with van der Waals surface area (Å²) in [5.41, 5.74) is 4.18. The van der Waals surface area contributed by atoms with Crippen molar-refractivity contribution in [3.8, 4) is 11.4 Å². The van der Waals surface area contributed by atoms with Crippen molar-refractivity contribution in [1.82, 2.24) is 9.97 Å². The Labute approximate surface area is 165 Å². The van der Waals surface area contributed by atoms with Crippen molar-refractivity contribution in [1.29, 1.82) is 0 Å². The van der Waals surface area contributed by atoms with Crippen LogP contribution < -0.4 is 10.6 Å². The van der Waals surface area contributed by atoms with Gasteiger partial charge in [-0.15, -0.1) is 0 Å². The minimum absolute atomic E-state index is 0.280. The van der Waals surface area contributed by atoms with Crippen molar-refractivity contribution in [2.24, 2.45) is 0 Å². The van der Waals surface area contributed by atoms with E-state index >= 15 is 0 Å². The van der Waals surface area contributed by atoms with E-state index in [-0.39, 0.29) is 5.91 Å². The number of ether oxygens (including phenoxy) is 1. The molecule has 1 heterocycles. The van der Waals surface area contributed by atoms with Crippen LogP contribution in [0.4, 0.5) is 11.5 Å². The Bertz CT molecular complexity index is 958. The summed E-state index contributed by atoms with van der Waals surface area (Å²) in [5.74, 6) is 0.794. The monoisotopic (exact) mass is 376 g/mol. The molecule has 0 saturated carbocycles. The Hall–Kier alpha value is -3.25. The lowest BCUT2D eigenvalue weighted by Gasteiger charge is -2.11. The van der Waals surface area contributed by atoms with Crippen LogP contribution in [-0.2, 0) is 4.74 Å². The molecule has 0 radical (unpaired) electrons. The molecule has 1 aromatic heterocycles. The van der Waals surface area contributed by atoms with Gasteiger partial charge in [0, 0.05) is 31.0 Å². The molecule has 6 nitrogen and oxygen atoms in total. The van der Waals surface area contributed by atoms with Crippen LogP contribution in [0.25, 0.3) is 11.4 Å². The summed E-state index contributed by atoms with van der Waals surface area (Å²) in [7, 11) is 1.64. The van der Waals surface area contributed by atoms with Gasteiger partial charge < -0.3 is 15.4 Å². The zero-order valence-corrected chi connectivity index (χ0v) is 16.3. The van der Waals surface area contributed by atoms with Crippen LogP contribution in [0.3, 0.4) is 0 Å². The first kappa shape index (κ1) is 19.5. The molecule has 3 aromatic rings. The maximum Gasteiger partial charge on any atom is 0.274 e. The van der Waals surface area contributed by atoms with Crippen LogP contribution in [0.5, 0.6) is 0 Å². The van der Waals surface area contributed by atoms with Gasteiger partial charge in [-0.2, -0.15) is 0 Å². The van der Waals surface area contributed by atoms with Crippen LogP contribution in [0.1, 0.15) is 21.6 Å². The molecule has 2 N–H and O–H groups in total. The van der Waals surface area contributed by atoms with E-state index in [9.17, 15) is 4.79 Å². The number of methoxy groups -OCH3 is 1. The Balaban J connectivity index is 1.90. The fourth-order valence-electron chi connectivity index (χ4n) is 2.67. The quantitative estimate of drug-likeness (QED) is 0.608. The highest BCUT2D eigenvalue weighted by atomic mass is 16.5. The highest BCUT2D eigenvalue weighted by molar-refractivity contribution is 6.03. The van der Waals surface area contributed by atoms with Crippen molar-refractivity contribution in [3.63, 3.8) is 0 Å². The van der Waals surface area contributed by atoms with Crippen molar-refractivity contribution in [2.75, 3.05) is 30.9 Å². The minimum atomic E-state index is -0.280. The lowest BCUT2D eigenvalue weighted by atomic mass is 10.1. The lowest BCUT2D eigenvalue weighted by molar-refractivity contribution is 0.102. The van der Waals surface area contributed by atoms with Gasteiger partial charge in [-0.25, -0.2) is 9.97 Å². The SMILES string of the molecule is COCCNc1cc(C(=O)Nc2ccc(C)c(C)c2)nc(-c2ccccc2)n1. The molecule has 0 fully saturated rings. The van der Waals surface area contributed by atoms with Gasteiger partial charge in [0.05, 0.1) is 6.61 Å². The van der Waals surface area contributed by atoms with Gasteiger partial charge in [-0.1, -0.05) is 36.4 Å². The predicted molar refractivity (Wildman–Crippen MR) is 112 cm³/mol. The van der Waals surface area contributed by atoms with Gasteiger partial charge in [-0.3, -0.25) is 4.79 Å². The van der Waals surface area contributed by atoms with E-state index in [1.807, 2.05) is 62.4 Å². The fraction of sp³-hybridized carbons (Fsp3) is 0.227. The molecular formula is C22H24N4O2. The summed E-state index contributed by atoms with van der Waals surface area (Å²) in [5, 5.41) is 6.09. The van der Waals surface area contributed by atoms with E-state index in [4.69, 9.17) is 4.74 Å². The van der Waals surface area contributed by atoms with E-state index in [1.165, 1.54) is 5.56 Å². The second kappa shape index (κ2) is 9.10. The van der Waals surface area contributed by atoms with E-state index in [0.29, 0.717) is 30.5 Å². The van der Waals surface area contributed by atoms with Crippen LogP contribution >= 0.6 is 0 Å². The number of aromatic nitrogens is 2. The topological polar surface area (TPSA) is 76.1 Å². The summed E-state index contributed by atoms with van der Waals surface area (Å²) in [6.45, 7) is 5.17. The van der Waals surface area contributed by atoms with Crippen molar-refractivity contribution < 1.29 is 9.53 Å². The average Bonchev–Trinajstić information content (AvgIpc) is 2.71. The summed E-state index contributed by atoms with van der Waals surface area (Å²) >= 11 is 0. The number of anilines is 2. The van der Waals surface area contributed by atoms with Gasteiger partial charge in [0.15, 0.2) is 5.82 Å². The molecule has 1 amide bonds. The average molecular weight is 376 g/mol. The van der Waals surface area contributed by atoms with Gasteiger partial charge in [0.1, 0.15) is 11.5 Å². The summed E-state index contributed by atoms with van der Waals surface area (Å²) in [6.07, 6.45) is 0. The van der Waals surface area contributed by atoms with Gasteiger partial charge in [-0.05, 0) is 37.1 Å². The number of nitrogens with zero attached hydrogens (tertiary/aromatic N) is 2. The molecule has 0 unspecified atom stereocenters. The Morgan fingerprint density at radius 2 is 1.79 bits per heavy atom. The van der Waals surface area contributed by atoms with Crippen molar-refractivity contribution >= 4 is 17.4 Å². The standard InChI is InChI=1S/C22H24N4O2/c1-15-9-10-18(13-16(15)2)24-22(27)19-14-20(23-11-12-28-3)26-21(25-19)17-7-5-4-6-8-17/h4-10,13-14H,11-12H2,1-3H3,(H,24,27)(H,23,25,26). The molecule has 144 valence electrons. The van der Waals surface area contributed by atoms with Gasteiger partial charge in [0.2, 0.25) is 0 Å². The number of benzene rings is 2. The second-order valence-electron chi connectivity index (χ2n) is 6.50. The van der Waals surface area contributed by atoms with Crippen molar-refractivity contribution in [3.05, 3.63) is 71.4 Å². The first-order valence-corrected chi connectivity index (χ1v) is 9.13. The van der Waals surface area contributed by atoms with E-state index in [0.717, 1.165) is 16.8 Å². The van der Waals surface area contributed by atoms with Crippen LogP contribution in [0, 0.1) is 13.8 Å². The van der Waals surface area contributed by atoms with Gasteiger partial charge in [0.25, 0.3) is 5.91 Å². The molecule has 0 aliphatic heterocycles. The zero-order chi connectivity index (χ0) is 19.9. The minimum Gasteiger partial charge on any atom is -0.383 e. The normalized spacial score (nSPS) is 10.5. The van der Waals surface area contributed by atoms with E-state index < -0.39 is 0 Å². The van der Waals surface area contributed by atoms with Crippen molar-refractivity contribution in [2.45, 2.75) is 13.8 Å². The highest BCUT2D eigenvalue weighted by Gasteiger charge is 2.14. The molecule has 28 heavy (non-hydrogen) atoms. The summed E-state index contributed by atoms with van der Waals surface area (Å²) in [4.78, 5) is 21.8. The first-order chi connectivity index (χ1) is 13.6. The largest absolute Gasteiger partial charge is 0.383 e. The molecule has 0 bridgehead atoms. The van der Waals surface area contributed by atoms with Crippen LogP contribution in [0.15, 0.2) is 54.6 Å². The molecule has 2 aromatic carbocycles. The number of carbonyl (C=O) groups is 1. The molecule has 0 saturated heterocycles. The van der Waals surface area contributed by atoms with E-state index in [1.54, 1.807) is 13.2 Å². The maximum absolute atomic E-state index is 12.8. The molecule has 3 rings (SSSR count). The first-order valence-electron chi connectivity index (χ1n) is 9.13. The van der Waals surface area contributed by atoms with Gasteiger partial charge >= 0.3 is 0 Å². The number of hydrogen-bond acceptors (Lipinski definition) is 5. The summed E-state index contributed by atoms with van der Waals surface area (Å²) in [6, 6.07) is 17.1. The second-order valence-corrected chi connectivity index (χ2v) is 6.50. The number of rotatable bonds is 7. The molecule has 6 heteroatoms. The predicted octanol–water partition coefficient (Wildman–Crippen LogP) is 4.07. The Kier molecular flexibility index (Phi) is 6.34. The van der Waals surface area contributed by atoms with Crippen LogP contribution in [0.2, 0.25) is 0 Å². The third-order valence-corrected chi connectivity index (χ3v) is 4.37. The fourth-order valence-corrected chi connectivity index (χ4v) is 2.67. The molecule has 0 spiro atoms. The number of nitrogens with one attached hydrogen (secondary N) is 2. The maximum atomic E-state index is 12.8. The lowest BCUT2D eigenvalue weighted by Crippen LogP contribution is -2.16. The number of aryl methyl sites for hydroxylation is 2. The molecule has 0 aliphatic carbocycles. The highest BCUT2D eigenvalue weighted by Crippen LogP contribution is 2.19. The number of amides is 1. The molecule has 0 aliphatic rings. The molecule has 0 atom stereocenters. The van der Waals surface area contributed by atoms with Crippen LogP contribution in [-0.4, -0.2) is 36.1 Å². The smallest absolute Gasteiger partial charge is 0.274 e. The third kappa shape index (κ3) is 4.92. The van der Waals surface area contributed by atoms with E-state index in [2.05, 4.69) is 20.6 Å². The Morgan fingerprint density at radius 1 is 1.00 bits per heavy atom.